The molecule has 1 aliphatic carbocycles. The number of hydrogen-bond donors (Lipinski definition) is 2. The molecule has 5 nitrogen and oxygen atoms in total. The van der Waals surface area contributed by atoms with Crippen LogP contribution in [0.1, 0.15) is 37.0 Å². The molecule has 0 aromatic heterocycles. The summed E-state index contributed by atoms with van der Waals surface area (Å²) in [7, 11) is 0. The molecule has 1 amide bonds. The first kappa shape index (κ1) is 27.8. The maximum atomic E-state index is 13.0. The molecular weight excluding hydrogens is 507 g/mol. The van der Waals surface area contributed by atoms with E-state index in [-0.39, 0.29) is 17.7 Å². The number of allylic oxidation sites excluding steroid dienone is 2. The standard InChI is InChI=1S/C28H25ClF3NO4/c1-4-18-14-23(11-8-19(18)9-13-25(34)35)37-22-7-5-6-20(15-22)17(2)33-26(36)24-12-10-21(28(30,31)32)16-27(24,3)29/h5-8,10-11,14-16H,2,4,9,13H2,1,3H3,(H,33,36)(H,34,35). The van der Waals surface area contributed by atoms with Crippen molar-refractivity contribution in [2.45, 2.75) is 44.2 Å². The number of ether oxygens (including phenoxy) is 1. The van der Waals surface area contributed by atoms with Crippen LogP contribution in [0.25, 0.3) is 5.70 Å². The molecule has 2 aromatic carbocycles. The second-order valence-electron chi connectivity index (χ2n) is 8.58. The van der Waals surface area contributed by atoms with Crippen LogP contribution in [0.4, 0.5) is 13.2 Å². The van der Waals surface area contributed by atoms with Crippen molar-refractivity contribution in [3.8, 4) is 11.5 Å². The lowest BCUT2D eigenvalue weighted by molar-refractivity contribution is -0.137. The van der Waals surface area contributed by atoms with Gasteiger partial charge in [0, 0.05) is 17.7 Å². The molecule has 2 aromatic rings. The first-order valence-corrected chi connectivity index (χ1v) is 11.8. The van der Waals surface area contributed by atoms with Gasteiger partial charge in [0.2, 0.25) is 0 Å². The number of carboxylic acids is 1. The molecule has 0 heterocycles. The SMILES string of the molecule is C=C(NC(=O)C1=C=CC(C(F)(F)F)=CC1(C)Cl)c1cccc(Oc2ccc(CCC(=O)O)c(CC)c2)c1. The van der Waals surface area contributed by atoms with E-state index in [1.165, 1.54) is 6.92 Å². The van der Waals surface area contributed by atoms with E-state index in [4.69, 9.17) is 21.4 Å². The largest absolute Gasteiger partial charge is 0.481 e. The molecule has 0 bridgehead atoms. The topological polar surface area (TPSA) is 75.6 Å². The zero-order chi connectivity index (χ0) is 27.4. The first-order valence-electron chi connectivity index (χ1n) is 11.4. The lowest BCUT2D eigenvalue weighted by Gasteiger charge is -2.24. The van der Waals surface area contributed by atoms with Crippen LogP contribution >= 0.6 is 11.6 Å². The van der Waals surface area contributed by atoms with Crippen LogP contribution in [0.3, 0.4) is 0 Å². The fourth-order valence-corrected chi connectivity index (χ4v) is 4.04. The lowest BCUT2D eigenvalue weighted by Crippen LogP contribution is -2.33. The number of aliphatic carboxylic acids is 1. The van der Waals surface area contributed by atoms with Crippen LogP contribution in [-0.4, -0.2) is 28.0 Å². The smallest absolute Gasteiger partial charge is 0.416 e. The Morgan fingerprint density at radius 1 is 1.16 bits per heavy atom. The number of carbonyl (C=O) groups excluding carboxylic acids is 1. The van der Waals surface area contributed by atoms with Crippen molar-refractivity contribution < 1.29 is 32.6 Å². The van der Waals surface area contributed by atoms with E-state index in [0.29, 0.717) is 36.0 Å². The fourth-order valence-electron chi connectivity index (χ4n) is 3.78. The van der Waals surface area contributed by atoms with Crippen molar-refractivity contribution in [2.24, 2.45) is 0 Å². The highest BCUT2D eigenvalue weighted by Crippen LogP contribution is 2.37. The Bertz CT molecular complexity index is 1340. The van der Waals surface area contributed by atoms with Crippen molar-refractivity contribution >= 4 is 29.2 Å². The van der Waals surface area contributed by atoms with Gasteiger partial charge in [-0.15, -0.1) is 17.3 Å². The molecule has 194 valence electrons. The fraction of sp³-hybridized carbons (Fsp3) is 0.250. The summed E-state index contributed by atoms with van der Waals surface area (Å²) in [4.78, 5) is 22.0. The second-order valence-corrected chi connectivity index (χ2v) is 9.36. The minimum Gasteiger partial charge on any atom is -0.481 e. The van der Waals surface area contributed by atoms with Crippen LogP contribution in [0.15, 0.2) is 78.1 Å². The predicted octanol–water partition coefficient (Wildman–Crippen LogP) is 6.73. The van der Waals surface area contributed by atoms with E-state index in [2.05, 4.69) is 17.6 Å². The Morgan fingerprint density at radius 3 is 2.49 bits per heavy atom. The normalized spacial score (nSPS) is 17.0. The maximum absolute atomic E-state index is 13.0. The molecule has 0 saturated heterocycles. The number of halogens is 4. The molecule has 37 heavy (non-hydrogen) atoms. The second kappa shape index (κ2) is 11.1. The van der Waals surface area contributed by atoms with Gasteiger partial charge in [0.25, 0.3) is 5.91 Å². The average Bonchev–Trinajstić information content (AvgIpc) is 2.81. The number of rotatable bonds is 9. The molecule has 2 N–H and O–H groups in total. The van der Waals surface area contributed by atoms with Gasteiger partial charge in [-0.25, -0.2) is 0 Å². The van der Waals surface area contributed by atoms with E-state index >= 15 is 0 Å². The van der Waals surface area contributed by atoms with E-state index in [0.717, 1.165) is 17.2 Å². The van der Waals surface area contributed by atoms with Gasteiger partial charge in [0.05, 0.1) is 16.0 Å². The third kappa shape index (κ3) is 7.15. The Balaban J connectivity index is 1.74. The molecular formula is C28H25ClF3NO4. The van der Waals surface area contributed by atoms with E-state index in [9.17, 15) is 22.8 Å². The highest BCUT2D eigenvalue weighted by molar-refractivity contribution is 6.30. The molecule has 1 atom stereocenters. The third-order valence-corrected chi connectivity index (χ3v) is 5.99. The highest BCUT2D eigenvalue weighted by atomic mass is 35.5. The first-order chi connectivity index (χ1) is 17.3. The minimum atomic E-state index is -4.61. The molecule has 0 spiro atoms. The Hall–Kier alpha value is -3.74. The maximum Gasteiger partial charge on any atom is 0.416 e. The van der Waals surface area contributed by atoms with Crippen LogP contribution in [-0.2, 0) is 22.4 Å². The summed E-state index contributed by atoms with van der Waals surface area (Å²) in [5, 5.41) is 11.5. The molecule has 0 saturated carbocycles. The van der Waals surface area contributed by atoms with E-state index in [1.807, 2.05) is 19.1 Å². The summed E-state index contributed by atoms with van der Waals surface area (Å²) in [6, 6.07) is 12.2. The van der Waals surface area contributed by atoms with Gasteiger partial charge in [0.15, 0.2) is 0 Å². The van der Waals surface area contributed by atoms with Crippen LogP contribution < -0.4 is 10.1 Å². The zero-order valence-corrected chi connectivity index (χ0v) is 21.0. The zero-order valence-electron chi connectivity index (χ0n) is 20.2. The van der Waals surface area contributed by atoms with Gasteiger partial charge in [-0.05, 0) is 67.3 Å². The molecule has 1 aliphatic rings. The van der Waals surface area contributed by atoms with Gasteiger partial charge in [-0.3, -0.25) is 9.59 Å². The quantitative estimate of drug-likeness (QED) is 0.278. The number of benzene rings is 2. The number of aryl methyl sites for hydroxylation is 2. The van der Waals surface area contributed by atoms with Crippen molar-refractivity contribution in [1.82, 2.24) is 5.32 Å². The number of nitrogens with one attached hydrogen (secondary N) is 1. The number of amides is 1. The van der Waals surface area contributed by atoms with Gasteiger partial charge < -0.3 is 15.2 Å². The minimum absolute atomic E-state index is 0.0401. The molecule has 0 radical (unpaired) electrons. The lowest BCUT2D eigenvalue weighted by atomic mass is 9.92. The van der Waals surface area contributed by atoms with Gasteiger partial charge in [0.1, 0.15) is 11.5 Å². The summed E-state index contributed by atoms with van der Waals surface area (Å²) in [5.41, 5.74) is 3.83. The summed E-state index contributed by atoms with van der Waals surface area (Å²) < 4.78 is 45.0. The summed E-state index contributed by atoms with van der Waals surface area (Å²) >= 11 is 6.21. The van der Waals surface area contributed by atoms with Gasteiger partial charge in [-0.1, -0.05) is 31.7 Å². The van der Waals surface area contributed by atoms with Crippen molar-refractivity contribution in [1.29, 1.82) is 0 Å². The number of hydrogen-bond acceptors (Lipinski definition) is 3. The molecule has 1 unspecified atom stereocenters. The summed E-state index contributed by atoms with van der Waals surface area (Å²) in [6.07, 6.45) is -1.97. The van der Waals surface area contributed by atoms with Crippen molar-refractivity contribution in [2.75, 3.05) is 0 Å². The monoisotopic (exact) mass is 531 g/mol. The highest BCUT2D eigenvalue weighted by Gasteiger charge is 2.39. The third-order valence-electron chi connectivity index (χ3n) is 5.69. The number of carbonyl (C=O) groups is 2. The summed E-state index contributed by atoms with van der Waals surface area (Å²) in [5.74, 6) is -0.567. The van der Waals surface area contributed by atoms with Crippen molar-refractivity contribution in [3.63, 3.8) is 0 Å². The Kier molecular flexibility index (Phi) is 8.36. The Labute approximate surface area is 217 Å². The van der Waals surface area contributed by atoms with Crippen LogP contribution in [0.2, 0.25) is 0 Å². The molecule has 9 heteroatoms. The van der Waals surface area contributed by atoms with Gasteiger partial charge in [-0.2, -0.15) is 13.2 Å². The van der Waals surface area contributed by atoms with E-state index in [1.54, 1.807) is 30.3 Å². The van der Waals surface area contributed by atoms with Crippen molar-refractivity contribution in [3.05, 3.63) is 94.8 Å². The van der Waals surface area contributed by atoms with E-state index < -0.39 is 28.5 Å². The molecule has 0 fully saturated rings. The van der Waals surface area contributed by atoms with Crippen LogP contribution in [0.5, 0.6) is 11.5 Å². The Morgan fingerprint density at radius 2 is 1.86 bits per heavy atom. The average molecular weight is 532 g/mol. The molecule has 0 aliphatic heterocycles. The number of carboxylic acid groups (broad SMARTS) is 1. The van der Waals surface area contributed by atoms with Crippen LogP contribution in [0, 0.1) is 0 Å². The molecule has 3 rings (SSSR count). The predicted molar refractivity (Wildman–Crippen MR) is 135 cm³/mol. The number of alkyl halides is 4. The van der Waals surface area contributed by atoms with Gasteiger partial charge >= 0.3 is 12.1 Å². The summed E-state index contributed by atoms with van der Waals surface area (Å²) in [6.45, 7) is 7.11.